The third-order valence-electron chi connectivity index (χ3n) is 2.50. The third kappa shape index (κ3) is 3.42. The van der Waals surface area contributed by atoms with Gasteiger partial charge in [0.05, 0.1) is 4.92 Å². The van der Waals surface area contributed by atoms with Gasteiger partial charge in [0.15, 0.2) is 0 Å². The van der Waals surface area contributed by atoms with Crippen LogP contribution in [0.3, 0.4) is 0 Å². The maximum atomic E-state index is 10.9. The zero-order valence-electron chi connectivity index (χ0n) is 10.7. The highest BCUT2D eigenvalue weighted by Crippen LogP contribution is 2.27. The number of hydrogen-bond donors (Lipinski definition) is 2. The van der Waals surface area contributed by atoms with Crippen LogP contribution < -0.4 is 15.8 Å². The Labute approximate surface area is 115 Å². The number of pyridine rings is 1. The molecule has 0 saturated carbocycles. The lowest BCUT2D eigenvalue weighted by Crippen LogP contribution is -2.10. The summed E-state index contributed by atoms with van der Waals surface area (Å²) in [7, 11) is 0. The maximum absolute atomic E-state index is 10.9. The molecule has 0 fully saturated rings. The first-order valence-electron chi connectivity index (χ1n) is 5.99. The third-order valence-corrected chi connectivity index (χ3v) is 2.50. The van der Waals surface area contributed by atoms with E-state index in [2.05, 4.69) is 10.3 Å². The predicted octanol–water partition coefficient (Wildman–Crippen LogP) is 2.07. The summed E-state index contributed by atoms with van der Waals surface area (Å²) < 4.78 is 5.40. The fourth-order valence-corrected chi connectivity index (χ4v) is 1.63. The summed E-state index contributed by atoms with van der Waals surface area (Å²) in [4.78, 5) is 14.2. The number of nitrogens with zero attached hydrogens (tertiary/aromatic N) is 2. The van der Waals surface area contributed by atoms with Gasteiger partial charge in [-0.05, 0) is 18.2 Å². The quantitative estimate of drug-likeness (QED) is 0.617. The summed E-state index contributed by atoms with van der Waals surface area (Å²) in [6.07, 6.45) is 2.70. The summed E-state index contributed by atoms with van der Waals surface area (Å²) >= 11 is 0. The first-order chi connectivity index (χ1) is 9.70. The van der Waals surface area contributed by atoms with Gasteiger partial charge in [-0.2, -0.15) is 0 Å². The lowest BCUT2D eigenvalue weighted by atomic mass is 10.2. The molecule has 0 amide bonds. The highest BCUT2D eigenvalue weighted by atomic mass is 16.6. The van der Waals surface area contributed by atoms with Crippen molar-refractivity contribution >= 4 is 17.1 Å². The zero-order valence-corrected chi connectivity index (χ0v) is 10.7. The Bertz CT molecular complexity index is 604. The minimum Gasteiger partial charge on any atom is -0.492 e. The van der Waals surface area contributed by atoms with E-state index in [1.54, 1.807) is 30.3 Å². The van der Waals surface area contributed by atoms with Crippen LogP contribution in [0, 0.1) is 10.1 Å². The van der Waals surface area contributed by atoms with Crippen molar-refractivity contribution in [2.45, 2.75) is 0 Å². The molecule has 0 saturated heterocycles. The highest BCUT2D eigenvalue weighted by Gasteiger charge is 2.13. The van der Waals surface area contributed by atoms with Gasteiger partial charge in [0.2, 0.25) is 0 Å². The Morgan fingerprint density at radius 1 is 1.40 bits per heavy atom. The van der Waals surface area contributed by atoms with Crippen LogP contribution in [-0.4, -0.2) is 23.1 Å². The van der Waals surface area contributed by atoms with Gasteiger partial charge in [-0.25, -0.2) is 0 Å². The van der Waals surface area contributed by atoms with Gasteiger partial charge in [-0.15, -0.1) is 0 Å². The second-order valence-corrected chi connectivity index (χ2v) is 3.94. The molecule has 3 N–H and O–H groups in total. The molecule has 0 aliphatic rings. The van der Waals surface area contributed by atoms with Crippen LogP contribution in [0.5, 0.6) is 5.75 Å². The van der Waals surface area contributed by atoms with E-state index in [-0.39, 0.29) is 5.69 Å². The number of rotatable bonds is 6. The van der Waals surface area contributed by atoms with Gasteiger partial charge in [0.1, 0.15) is 24.2 Å². The molecule has 0 aliphatic carbocycles. The second kappa shape index (κ2) is 6.48. The molecule has 2 aromatic rings. The molecule has 7 heteroatoms. The maximum Gasteiger partial charge on any atom is 0.310 e. The Morgan fingerprint density at radius 2 is 2.25 bits per heavy atom. The van der Waals surface area contributed by atoms with Crippen molar-refractivity contribution in [3.8, 4) is 5.75 Å². The van der Waals surface area contributed by atoms with Crippen LogP contribution in [0.25, 0.3) is 0 Å². The molecular formula is C13H14N4O3. The normalized spacial score (nSPS) is 10.1. The van der Waals surface area contributed by atoms with Crippen LogP contribution >= 0.6 is 0 Å². The summed E-state index contributed by atoms with van der Waals surface area (Å²) in [5.74, 6) is 0.650. The summed E-state index contributed by atoms with van der Waals surface area (Å²) in [6, 6.07) is 8.67. The molecule has 0 bridgehead atoms. The van der Waals surface area contributed by atoms with Crippen molar-refractivity contribution in [1.82, 2.24) is 4.98 Å². The molecule has 0 atom stereocenters. The largest absolute Gasteiger partial charge is 0.492 e. The fraction of sp³-hybridized carbons (Fsp3) is 0.154. The lowest BCUT2D eigenvalue weighted by Gasteiger charge is -2.09. The first-order valence-corrected chi connectivity index (χ1v) is 5.99. The van der Waals surface area contributed by atoms with Gasteiger partial charge < -0.3 is 15.8 Å². The Hall–Kier alpha value is -2.67. The van der Waals surface area contributed by atoms with Gasteiger partial charge in [0, 0.05) is 24.5 Å². The number of nitrogens with one attached hydrogen (secondary N) is 1. The molecule has 7 nitrogen and oxygen atoms in total. The van der Waals surface area contributed by atoms with E-state index < -0.39 is 4.92 Å². The fourth-order valence-electron chi connectivity index (χ4n) is 1.63. The molecule has 0 aliphatic heterocycles. The van der Waals surface area contributed by atoms with E-state index in [9.17, 15) is 10.1 Å². The summed E-state index contributed by atoms with van der Waals surface area (Å²) in [6.45, 7) is 0.840. The smallest absolute Gasteiger partial charge is 0.310 e. The van der Waals surface area contributed by atoms with Crippen LogP contribution in [0.2, 0.25) is 0 Å². The minimum absolute atomic E-state index is 0.0826. The molecule has 2 rings (SSSR count). The van der Waals surface area contributed by atoms with Crippen molar-refractivity contribution in [2.75, 3.05) is 18.5 Å². The number of hydrogen-bond acceptors (Lipinski definition) is 6. The number of aromatic nitrogens is 1. The van der Waals surface area contributed by atoms with Crippen LogP contribution in [0.15, 0.2) is 42.7 Å². The molecule has 0 spiro atoms. The van der Waals surface area contributed by atoms with E-state index in [1.165, 1.54) is 12.4 Å². The topological polar surface area (TPSA) is 103 Å². The van der Waals surface area contributed by atoms with Crippen molar-refractivity contribution < 1.29 is 9.66 Å². The van der Waals surface area contributed by atoms with Crippen LogP contribution in [0.4, 0.5) is 17.1 Å². The molecule has 1 aromatic carbocycles. The summed E-state index contributed by atoms with van der Waals surface area (Å²) in [5, 5.41) is 13.9. The number of anilines is 2. The monoisotopic (exact) mass is 274 g/mol. The number of ether oxygens (including phenoxy) is 1. The van der Waals surface area contributed by atoms with E-state index in [1.807, 2.05) is 0 Å². The first kappa shape index (κ1) is 13.8. The van der Waals surface area contributed by atoms with Gasteiger partial charge >= 0.3 is 5.69 Å². The average Bonchev–Trinajstić information content (AvgIpc) is 2.46. The zero-order chi connectivity index (χ0) is 14.4. The van der Waals surface area contributed by atoms with E-state index >= 15 is 0 Å². The molecule has 20 heavy (non-hydrogen) atoms. The van der Waals surface area contributed by atoms with Crippen molar-refractivity contribution in [2.24, 2.45) is 5.73 Å². The van der Waals surface area contributed by atoms with Crippen molar-refractivity contribution in [3.63, 3.8) is 0 Å². The van der Waals surface area contributed by atoms with E-state index in [0.29, 0.717) is 30.3 Å². The van der Waals surface area contributed by atoms with Crippen molar-refractivity contribution in [3.05, 3.63) is 52.8 Å². The molecule has 1 aromatic heterocycles. The Balaban J connectivity index is 2.20. The number of benzene rings is 1. The van der Waals surface area contributed by atoms with Crippen molar-refractivity contribution in [1.29, 1.82) is 0 Å². The molecule has 1 heterocycles. The molecule has 104 valence electrons. The molecule has 0 radical (unpaired) electrons. The predicted molar refractivity (Wildman–Crippen MR) is 75.2 cm³/mol. The van der Waals surface area contributed by atoms with E-state index in [0.717, 1.165) is 0 Å². The van der Waals surface area contributed by atoms with Gasteiger partial charge in [0.25, 0.3) is 0 Å². The Morgan fingerprint density at radius 3 is 3.00 bits per heavy atom. The van der Waals surface area contributed by atoms with Crippen LogP contribution in [0.1, 0.15) is 0 Å². The standard InChI is InChI=1S/C13H14N4O3/c14-5-7-20-11-3-1-2-10(8-11)16-12-4-6-15-9-13(12)17(18)19/h1-4,6,8-9H,5,7,14H2,(H,15,16). The average molecular weight is 274 g/mol. The Kier molecular flexibility index (Phi) is 4.46. The van der Waals surface area contributed by atoms with Gasteiger partial charge in [-0.1, -0.05) is 6.07 Å². The minimum atomic E-state index is -0.482. The van der Waals surface area contributed by atoms with E-state index in [4.69, 9.17) is 10.5 Å². The highest BCUT2D eigenvalue weighted by molar-refractivity contribution is 5.69. The molecule has 0 unspecified atom stereocenters. The van der Waals surface area contributed by atoms with Gasteiger partial charge in [-0.3, -0.25) is 15.1 Å². The van der Waals surface area contributed by atoms with Crippen LogP contribution in [-0.2, 0) is 0 Å². The number of nitrogens with two attached hydrogens (primary N) is 1. The number of nitro groups is 1. The lowest BCUT2D eigenvalue weighted by molar-refractivity contribution is -0.384. The SMILES string of the molecule is NCCOc1cccc(Nc2ccncc2[N+](=O)[O-])c1. The molecular weight excluding hydrogens is 260 g/mol. The summed E-state index contributed by atoms with van der Waals surface area (Å²) in [5.41, 5.74) is 6.35. The second-order valence-electron chi connectivity index (χ2n) is 3.94.